The lowest BCUT2D eigenvalue weighted by molar-refractivity contribution is -0.121. The molecular weight excluding hydrogens is 232 g/mol. The zero-order valence-electron chi connectivity index (χ0n) is 9.76. The van der Waals surface area contributed by atoms with Crippen molar-refractivity contribution in [3.8, 4) is 0 Å². The zero-order valence-corrected chi connectivity index (χ0v) is 9.76. The molecule has 0 saturated carbocycles. The van der Waals surface area contributed by atoms with Crippen LogP contribution in [0.1, 0.15) is 17.9 Å². The summed E-state index contributed by atoms with van der Waals surface area (Å²) in [4.78, 5) is 19.6. The summed E-state index contributed by atoms with van der Waals surface area (Å²) in [5, 5.41) is 9.13. The van der Waals surface area contributed by atoms with Gasteiger partial charge in [-0.2, -0.15) is 4.98 Å². The number of carbonyl (C=O) groups excluding carboxylic acids is 1. The van der Waals surface area contributed by atoms with Crippen molar-refractivity contribution in [2.45, 2.75) is 19.4 Å². The van der Waals surface area contributed by atoms with Crippen LogP contribution in [0.3, 0.4) is 0 Å². The number of rotatable bonds is 5. The second-order valence-corrected chi connectivity index (χ2v) is 3.74. The number of nitrogens with zero attached hydrogens (tertiary/aromatic N) is 3. The van der Waals surface area contributed by atoms with Crippen molar-refractivity contribution >= 4 is 11.9 Å². The van der Waals surface area contributed by atoms with E-state index < -0.39 is 0 Å². The van der Waals surface area contributed by atoms with Gasteiger partial charge in [0.25, 0.3) is 0 Å². The standard InChI is InChI=1S/C11H14N6O/c12-11-15-9(16-17-11)4-5-10(18)14-7-8-3-1-2-6-13-8/h1-3,6H,4-5,7H2,(H,14,18)(H3,12,15,16,17). The van der Waals surface area contributed by atoms with Gasteiger partial charge in [0.1, 0.15) is 5.82 Å². The third-order valence-electron chi connectivity index (χ3n) is 2.33. The Kier molecular flexibility index (Phi) is 3.85. The van der Waals surface area contributed by atoms with Crippen LogP contribution in [-0.2, 0) is 17.8 Å². The molecule has 1 amide bonds. The van der Waals surface area contributed by atoms with Crippen molar-refractivity contribution < 1.29 is 4.79 Å². The summed E-state index contributed by atoms with van der Waals surface area (Å²) in [6, 6.07) is 5.57. The first kappa shape index (κ1) is 12.0. The number of hydrogen-bond acceptors (Lipinski definition) is 5. The van der Waals surface area contributed by atoms with E-state index in [0.717, 1.165) is 5.69 Å². The van der Waals surface area contributed by atoms with E-state index in [1.165, 1.54) is 0 Å². The summed E-state index contributed by atoms with van der Waals surface area (Å²) < 4.78 is 0. The Labute approximate surface area is 104 Å². The van der Waals surface area contributed by atoms with Gasteiger partial charge in [-0.3, -0.25) is 14.9 Å². The molecule has 94 valence electrons. The van der Waals surface area contributed by atoms with Crippen molar-refractivity contribution in [3.05, 3.63) is 35.9 Å². The molecule has 7 nitrogen and oxygen atoms in total. The van der Waals surface area contributed by atoms with Crippen molar-refractivity contribution in [2.24, 2.45) is 0 Å². The summed E-state index contributed by atoms with van der Waals surface area (Å²) in [5.74, 6) is 0.745. The largest absolute Gasteiger partial charge is 0.367 e. The lowest BCUT2D eigenvalue weighted by Crippen LogP contribution is -2.23. The number of aromatic nitrogens is 4. The van der Waals surface area contributed by atoms with Crippen molar-refractivity contribution in [1.82, 2.24) is 25.5 Å². The van der Waals surface area contributed by atoms with E-state index in [9.17, 15) is 4.79 Å². The molecule has 2 heterocycles. The molecule has 0 radical (unpaired) electrons. The third-order valence-corrected chi connectivity index (χ3v) is 2.33. The SMILES string of the molecule is Nc1n[nH]c(CCC(=O)NCc2ccccn2)n1. The molecule has 4 N–H and O–H groups in total. The van der Waals surface area contributed by atoms with Crippen molar-refractivity contribution in [2.75, 3.05) is 5.73 Å². The topological polar surface area (TPSA) is 110 Å². The van der Waals surface area contributed by atoms with Gasteiger partial charge in [-0.15, -0.1) is 5.10 Å². The first-order chi connectivity index (χ1) is 8.74. The van der Waals surface area contributed by atoms with Gasteiger partial charge in [-0.25, -0.2) is 0 Å². The quantitative estimate of drug-likeness (QED) is 0.689. The monoisotopic (exact) mass is 246 g/mol. The maximum Gasteiger partial charge on any atom is 0.239 e. The number of aryl methyl sites for hydroxylation is 1. The minimum atomic E-state index is -0.0596. The highest BCUT2D eigenvalue weighted by atomic mass is 16.1. The van der Waals surface area contributed by atoms with E-state index in [-0.39, 0.29) is 11.9 Å². The summed E-state index contributed by atoms with van der Waals surface area (Å²) in [6.45, 7) is 0.429. The fraction of sp³-hybridized carbons (Fsp3) is 0.273. The Balaban J connectivity index is 1.73. The Bertz CT molecular complexity index is 509. The molecule has 18 heavy (non-hydrogen) atoms. The fourth-order valence-electron chi connectivity index (χ4n) is 1.43. The predicted octanol–water partition coefficient (Wildman–Crippen LogP) is 0.0309. The Hall–Kier alpha value is -2.44. The number of carbonyl (C=O) groups is 1. The first-order valence-electron chi connectivity index (χ1n) is 5.57. The van der Waals surface area contributed by atoms with Crippen LogP contribution in [-0.4, -0.2) is 26.1 Å². The predicted molar refractivity (Wildman–Crippen MR) is 65.2 cm³/mol. The van der Waals surface area contributed by atoms with Crippen LogP contribution >= 0.6 is 0 Å². The number of H-pyrrole nitrogens is 1. The van der Waals surface area contributed by atoms with Crippen LogP contribution in [0.25, 0.3) is 0 Å². The Morgan fingerprint density at radius 3 is 3.00 bits per heavy atom. The van der Waals surface area contributed by atoms with E-state index in [4.69, 9.17) is 5.73 Å². The van der Waals surface area contributed by atoms with Gasteiger partial charge in [0.2, 0.25) is 11.9 Å². The average molecular weight is 246 g/mol. The molecular formula is C11H14N6O. The second kappa shape index (κ2) is 5.76. The van der Waals surface area contributed by atoms with Crippen LogP contribution in [0.5, 0.6) is 0 Å². The van der Waals surface area contributed by atoms with Gasteiger partial charge in [-0.1, -0.05) is 6.07 Å². The molecule has 7 heteroatoms. The number of aromatic amines is 1. The highest BCUT2D eigenvalue weighted by Crippen LogP contribution is 1.98. The van der Waals surface area contributed by atoms with E-state index in [2.05, 4.69) is 25.5 Å². The number of nitrogens with two attached hydrogens (primary N) is 1. The van der Waals surface area contributed by atoms with Crippen molar-refractivity contribution in [3.63, 3.8) is 0 Å². The van der Waals surface area contributed by atoms with Crippen LogP contribution in [0, 0.1) is 0 Å². The average Bonchev–Trinajstić information content (AvgIpc) is 2.81. The summed E-state index contributed by atoms with van der Waals surface area (Å²) >= 11 is 0. The number of pyridine rings is 1. The molecule has 0 atom stereocenters. The van der Waals surface area contributed by atoms with Crippen molar-refractivity contribution in [1.29, 1.82) is 0 Å². The molecule has 0 aliphatic carbocycles. The third kappa shape index (κ3) is 3.55. The van der Waals surface area contributed by atoms with Gasteiger partial charge in [0.05, 0.1) is 12.2 Å². The lowest BCUT2D eigenvalue weighted by atomic mass is 10.3. The van der Waals surface area contributed by atoms with Gasteiger partial charge in [0, 0.05) is 19.0 Å². The molecule has 0 saturated heterocycles. The smallest absolute Gasteiger partial charge is 0.239 e. The van der Waals surface area contributed by atoms with E-state index in [1.54, 1.807) is 6.20 Å². The van der Waals surface area contributed by atoms with Crippen LogP contribution in [0.15, 0.2) is 24.4 Å². The van der Waals surface area contributed by atoms with E-state index in [0.29, 0.717) is 25.2 Å². The zero-order chi connectivity index (χ0) is 12.8. The normalized spacial score (nSPS) is 10.2. The number of nitrogens with one attached hydrogen (secondary N) is 2. The molecule has 0 fully saturated rings. The fourth-order valence-corrected chi connectivity index (χ4v) is 1.43. The van der Waals surface area contributed by atoms with Gasteiger partial charge in [-0.05, 0) is 12.1 Å². The maximum atomic E-state index is 11.6. The molecule has 0 bridgehead atoms. The summed E-state index contributed by atoms with van der Waals surface area (Å²) in [5.41, 5.74) is 6.19. The lowest BCUT2D eigenvalue weighted by Gasteiger charge is -2.03. The molecule has 2 aromatic heterocycles. The van der Waals surface area contributed by atoms with E-state index >= 15 is 0 Å². The minimum Gasteiger partial charge on any atom is -0.367 e. The molecule has 2 rings (SSSR count). The number of anilines is 1. The highest BCUT2D eigenvalue weighted by Gasteiger charge is 2.05. The van der Waals surface area contributed by atoms with E-state index in [1.807, 2.05) is 18.2 Å². The van der Waals surface area contributed by atoms with Gasteiger partial charge in [0.15, 0.2) is 0 Å². The molecule has 0 unspecified atom stereocenters. The first-order valence-corrected chi connectivity index (χ1v) is 5.57. The highest BCUT2D eigenvalue weighted by molar-refractivity contribution is 5.75. The van der Waals surface area contributed by atoms with Crippen LogP contribution in [0.4, 0.5) is 5.95 Å². The number of amides is 1. The Morgan fingerprint density at radius 1 is 1.44 bits per heavy atom. The van der Waals surface area contributed by atoms with Gasteiger partial charge < -0.3 is 11.1 Å². The Morgan fingerprint density at radius 2 is 2.33 bits per heavy atom. The number of hydrogen-bond donors (Lipinski definition) is 3. The molecule has 2 aromatic rings. The maximum absolute atomic E-state index is 11.6. The number of nitrogen functional groups attached to an aromatic ring is 1. The molecule has 0 spiro atoms. The molecule has 0 aliphatic rings. The molecule has 0 aliphatic heterocycles. The van der Waals surface area contributed by atoms with Crippen LogP contribution in [0.2, 0.25) is 0 Å². The van der Waals surface area contributed by atoms with Crippen LogP contribution < -0.4 is 11.1 Å². The minimum absolute atomic E-state index is 0.0596. The summed E-state index contributed by atoms with van der Waals surface area (Å²) in [7, 11) is 0. The van der Waals surface area contributed by atoms with Gasteiger partial charge >= 0.3 is 0 Å². The second-order valence-electron chi connectivity index (χ2n) is 3.74. The summed E-state index contributed by atoms with van der Waals surface area (Å²) in [6.07, 6.45) is 2.51. The molecule has 0 aromatic carbocycles.